The van der Waals surface area contributed by atoms with Crippen LogP contribution in [0.3, 0.4) is 0 Å². The third-order valence-electron chi connectivity index (χ3n) is 15.1. The van der Waals surface area contributed by atoms with Crippen molar-refractivity contribution in [3.8, 4) is 44.5 Å². The van der Waals surface area contributed by atoms with Crippen molar-refractivity contribution in [3.63, 3.8) is 0 Å². The van der Waals surface area contributed by atoms with Gasteiger partial charge in [0, 0.05) is 27.8 Å². The molecule has 0 radical (unpaired) electrons. The number of anilines is 3. The summed E-state index contributed by atoms with van der Waals surface area (Å²) in [5.74, 6) is 3.22. The first-order valence-corrected chi connectivity index (χ1v) is 21.0. The largest absolute Gasteiger partial charge is 0.310 e. The first-order chi connectivity index (χ1) is 27.5. The normalized spacial score (nSPS) is 24.1. The van der Waals surface area contributed by atoms with Gasteiger partial charge in [-0.05, 0) is 147 Å². The zero-order valence-corrected chi connectivity index (χ0v) is 32.4. The topological polar surface area (TPSA) is 3.24 Å². The van der Waals surface area contributed by atoms with Gasteiger partial charge in [0.15, 0.2) is 0 Å². The maximum absolute atomic E-state index is 2.55. The van der Waals surface area contributed by atoms with Gasteiger partial charge in [0.2, 0.25) is 0 Å². The van der Waals surface area contributed by atoms with Crippen LogP contribution in [-0.2, 0) is 10.8 Å². The maximum atomic E-state index is 2.55. The number of rotatable bonds is 5. The molecule has 4 saturated carbocycles. The van der Waals surface area contributed by atoms with Gasteiger partial charge in [-0.1, -0.05) is 147 Å². The Morgan fingerprint density at radius 3 is 1.64 bits per heavy atom. The summed E-state index contributed by atoms with van der Waals surface area (Å²) >= 11 is 0. The second-order valence-corrected chi connectivity index (χ2v) is 18.1. The minimum Gasteiger partial charge on any atom is -0.310 e. The first-order valence-electron chi connectivity index (χ1n) is 21.0. The highest BCUT2D eigenvalue weighted by Crippen LogP contribution is 2.70. The van der Waals surface area contributed by atoms with Crippen molar-refractivity contribution in [2.24, 2.45) is 23.7 Å². The molecule has 0 atom stereocenters. The summed E-state index contributed by atoms with van der Waals surface area (Å²) in [6.45, 7) is 4.79. The Balaban J connectivity index is 1.08. The molecule has 4 fully saturated rings. The molecule has 0 aliphatic heterocycles. The van der Waals surface area contributed by atoms with Crippen LogP contribution < -0.4 is 4.90 Å². The van der Waals surface area contributed by atoms with Crippen LogP contribution in [0.4, 0.5) is 17.1 Å². The van der Waals surface area contributed by atoms with E-state index in [4.69, 9.17) is 0 Å². The summed E-state index contributed by atoms with van der Waals surface area (Å²) in [6, 6.07) is 62.3. The van der Waals surface area contributed by atoms with Gasteiger partial charge in [-0.3, -0.25) is 0 Å². The number of hydrogen-bond acceptors (Lipinski definition) is 1. The van der Waals surface area contributed by atoms with E-state index < -0.39 is 0 Å². The second-order valence-electron chi connectivity index (χ2n) is 18.1. The van der Waals surface area contributed by atoms with Gasteiger partial charge in [0.05, 0.1) is 5.69 Å². The van der Waals surface area contributed by atoms with Crippen LogP contribution in [0.1, 0.15) is 68.2 Å². The average Bonchev–Trinajstić information content (AvgIpc) is 3.66. The van der Waals surface area contributed by atoms with Gasteiger partial charge < -0.3 is 4.90 Å². The van der Waals surface area contributed by atoms with Crippen molar-refractivity contribution < 1.29 is 0 Å². The summed E-state index contributed by atoms with van der Waals surface area (Å²) in [5, 5.41) is 0. The Kier molecular flexibility index (Phi) is 6.93. The van der Waals surface area contributed by atoms with Gasteiger partial charge in [0.1, 0.15) is 0 Å². The van der Waals surface area contributed by atoms with E-state index in [-0.39, 0.29) is 10.8 Å². The third-order valence-corrected chi connectivity index (χ3v) is 15.1. The van der Waals surface area contributed by atoms with Gasteiger partial charge >= 0.3 is 0 Å². The molecule has 1 spiro atoms. The summed E-state index contributed by atoms with van der Waals surface area (Å²) in [5.41, 5.74) is 20.5. The standard InChI is InChI=1S/C55H47N/c1-54(2)49-20-9-6-15-43(49)45-28-27-42(34-51(45)54)56(41-25-23-38(24-26-41)37-13-4-3-5-14-37)52-22-11-8-17-46(52)48-19-12-18-47-44-16-7-10-21-50(44)55(53(47)48)39-30-35-29-36(32-39)33-40(55)31-35/h3-28,34-36,39-40H,29-33H2,1-2H3. The molecule has 0 unspecified atom stereocenters. The monoisotopic (exact) mass is 721 g/mol. The van der Waals surface area contributed by atoms with Crippen LogP contribution in [-0.4, -0.2) is 0 Å². The Morgan fingerprint density at radius 1 is 0.411 bits per heavy atom. The highest BCUT2D eigenvalue weighted by molar-refractivity contribution is 5.96. The van der Waals surface area contributed by atoms with E-state index in [0.29, 0.717) is 11.8 Å². The molecule has 1 nitrogen and oxygen atoms in total. The summed E-state index contributed by atoms with van der Waals surface area (Å²) in [7, 11) is 0. The highest BCUT2D eigenvalue weighted by Gasteiger charge is 2.62. The van der Waals surface area contributed by atoms with Crippen molar-refractivity contribution in [2.45, 2.75) is 56.8 Å². The van der Waals surface area contributed by atoms with Crippen LogP contribution >= 0.6 is 0 Å². The maximum Gasteiger partial charge on any atom is 0.0540 e. The average molecular weight is 722 g/mol. The van der Waals surface area contributed by atoms with Gasteiger partial charge in [-0.15, -0.1) is 0 Å². The third kappa shape index (κ3) is 4.43. The van der Waals surface area contributed by atoms with E-state index >= 15 is 0 Å². The lowest BCUT2D eigenvalue weighted by Crippen LogP contribution is -2.55. The van der Waals surface area contributed by atoms with Crippen LogP contribution in [0.2, 0.25) is 0 Å². The molecular formula is C55H47N. The predicted octanol–water partition coefficient (Wildman–Crippen LogP) is 14.5. The lowest BCUT2D eigenvalue weighted by Gasteiger charge is -2.61. The fraction of sp³-hybridized carbons (Fsp3) is 0.236. The molecule has 0 heterocycles. The molecule has 0 amide bonds. The molecule has 0 aromatic heterocycles. The Labute approximate surface area is 331 Å². The molecular weight excluding hydrogens is 675 g/mol. The van der Waals surface area contributed by atoms with Crippen molar-refractivity contribution in [3.05, 3.63) is 186 Å². The van der Waals surface area contributed by atoms with Crippen LogP contribution in [0.25, 0.3) is 44.5 Å². The number of fused-ring (bicyclic) bond motifs is 6. The zero-order valence-electron chi connectivity index (χ0n) is 32.4. The minimum atomic E-state index is -0.0951. The molecule has 4 bridgehead atoms. The van der Waals surface area contributed by atoms with Crippen LogP contribution in [0, 0.1) is 23.7 Å². The fourth-order valence-electron chi connectivity index (χ4n) is 13.0. The number of benzene rings is 7. The van der Waals surface area contributed by atoms with Crippen molar-refractivity contribution in [1.82, 2.24) is 0 Å². The molecule has 7 aromatic rings. The number of nitrogens with zero attached hydrogens (tertiary/aromatic N) is 1. The zero-order chi connectivity index (χ0) is 37.2. The van der Waals surface area contributed by atoms with Crippen LogP contribution in [0.5, 0.6) is 0 Å². The van der Waals surface area contributed by atoms with E-state index in [1.807, 2.05) is 0 Å². The fourth-order valence-corrected chi connectivity index (χ4v) is 13.0. The molecule has 6 aliphatic carbocycles. The smallest absolute Gasteiger partial charge is 0.0540 e. The Bertz CT molecular complexity index is 2650. The van der Waals surface area contributed by atoms with E-state index in [0.717, 1.165) is 11.8 Å². The van der Waals surface area contributed by atoms with Gasteiger partial charge in [-0.2, -0.15) is 0 Å². The molecule has 6 aliphatic rings. The Hall–Kier alpha value is -5.66. The minimum absolute atomic E-state index is 0.0780. The number of para-hydroxylation sites is 1. The van der Waals surface area contributed by atoms with Crippen molar-refractivity contribution >= 4 is 17.1 Å². The summed E-state index contributed by atoms with van der Waals surface area (Å²) in [4.78, 5) is 2.55. The molecule has 7 aromatic carbocycles. The van der Waals surface area contributed by atoms with Crippen molar-refractivity contribution in [1.29, 1.82) is 0 Å². The lowest BCUT2D eigenvalue weighted by atomic mass is 9.42. The molecule has 1 heteroatoms. The van der Waals surface area contributed by atoms with E-state index in [9.17, 15) is 0 Å². The molecule has 272 valence electrons. The quantitative estimate of drug-likeness (QED) is 0.171. The molecule has 13 rings (SSSR count). The van der Waals surface area contributed by atoms with E-state index in [1.165, 1.54) is 105 Å². The second kappa shape index (κ2) is 11.9. The molecule has 0 saturated heterocycles. The lowest BCUT2D eigenvalue weighted by molar-refractivity contribution is -0.0397. The van der Waals surface area contributed by atoms with Crippen molar-refractivity contribution in [2.75, 3.05) is 4.90 Å². The molecule has 0 N–H and O–H groups in total. The Morgan fingerprint density at radius 2 is 0.929 bits per heavy atom. The van der Waals surface area contributed by atoms with Crippen LogP contribution in [0.15, 0.2) is 164 Å². The van der Waals surface area contributed by atoms with Gasteiger partial charge in [0.25, 0.3) is 0 Å². The highest BCUT2D eigenvalue weighted by atomic mass is 15.1. The SMILES string of the molecule is CC1(C)c2ccccc2-c2ccc(N(c3ccc(-c4ccccc4)cc3)c3ccccc3-c3cccc4c3C3(c5ccccc5-4)C4CC5CC(C4)CC3C5)cc21. The first kappa shape index (κ1) is 32.6. The summed E-state index contributed by atoms with van der Waals surface area (Å²) < 4.78 is 0. The predicted molar refractivity (Wildman–Crippen MR) is 233 cm³/mol. The molecule has 56 heavy (non-hydrogen) atoms. The summed E-state index contributed by atoms with van der Waals surface area (Å²) in [6.07, 6.45) is 6.98. The van der Waals surface area contributed by atoms with E-state index in [1.54, 1.807) is 11.1 Å². The van der Waals surface area contributed by atoms with E-state index in [2.05, 4.69) is 183 Å². The number of hydrogen-bond donors (Lipinski definition) is 0. The van der Waals surface area contributed by atoms with Gasteiger partial charge in [-0.25, -0.2) is 0 Å².